The summed E-state index contributed by atoms with van der Waals surface area (Å²) in [5.41, 5.74) is 2.57. The summed E-state index contributed by atoms with van der Waals surface area (Å²) in [6.07, 6.45) is 1.97. The lowest BCUT2D eigenvalue weighted by Gasteiger charge is -2.37. The zero-order valence-corrected chi connectivity index (χ0v) is 16.1. The van der Waals surface area contributed by atoms with Gasteiger partial charge in [0.05, 0.1) is 17.9 Å². The molecule has 2 N–H and O–H groups in total. The molecule has 1 aromatic carbocycles. The number of nitrogens with zero attached hydrogens (tertiary/aromatic N) is 2. The number of aromatic nitrogens is 2. The standard InChI is InChI=1S/C20H27FN4O2/c1-4-5-16-9-18(24-23-16)20(26)22-10-15-6-7-19(17(21)8-15)25-11-13(2)27-14(3)12-25/h6-9,13-14H,4-5,10-12H2,1-3H3,(H,22,26)(H,23,24). The van der Waals surface area contributed by atoms with Crippen molar-refractivity contribution in [3.63, 3.8) is 0 Å². The van der Waals surface area contributed by atoms with E-state index in [0.29, 0.717) is 30.0 Å². The molecule has 2 atom stereocenters. The number of ether oxygens (including phenoxy) is 1. The Labute approximate surface area is 159 Å². The Morgan fingerprint density at radius 1 is 1.33 bits per heavy atom. The number of nitrogens with one attached hydrogen (secondary N) is 2. The summed E-state index contributed by atoms with van der Waals surface area (Å²) in [5.74, 6) is -0.554. The van der Waals surface area contributed by atoms with Crippen molar-refractivity contribution in [2.75, 3.05) is 18.0 Å². The van der Waals surface area contributed by atoms with Crippen LogP contribution in [-0.2, 0) is 17.7 Å². The highest BCUT2D eigenvalue weighted by Gasteiger charge is 2.24. The number of halogens is 1. The number of rotatable bonds is 6. The van der Waals surface area contributed by atoms with Crippen LogP contribution in [0.15, 0.2) is 24.3 Å². The van der Waals surface area contributed by atoms with E-state index in [4.69, 9.17) is 4.74 Å². The van der Waals surface area contributed by atoms with Gasteiger partial charge in [0.25, 0.3) is 5.91 Å². The van der Waals surface area contributed by atoms with Crippen molar-refractivity contribution in [3.05, 3.63) is 47.0 Å². The van der Waals surface area contributed by atoms with E-state index in [1.807, 2.05) is 24.8 Å². The molecule has 27 heavy (non-hydrogen) atoms. The third kappa shape index (κ3) is 4.86. The highest BCUT2D eigenvalue weighted by molar-refractivity contribution is 5.92. The molecular weight excluding hydrogens is 347 g/mol. The van der Waals surface area contributed by atoms with Crippen molar-refractivity contribution in [1.82, 2.24) is 15.5 Å². The quantitative estimate of drug-likeness (QED) is 0.815. The van der Waals surface area contributed by atoms with Crippen LogP contribution in [0, 0.1) is 5.82 Å². The van der Waals surface area contributed by atoms with Gasteiger partial charge in [0.15, 0.2) is 0 Å². The number of amides is 1. The van der Waals surface area contributed by atoms with E-state index in [-0.39, 0.29) is 30.5 Å². The SMILES string of the molecule is CCCc1cc(C(=O)NCc2ccc(N3CC(C)OC(C)C3)c(F)c2)n[nH]1. The minimum atomic E-state index is -0.284. The topological polar surface area (TPSA) is 70.2 Å². The van der Waals surface area contributed by atoms with Crippen LogP contribution in [0.4, 0.5) is 10.1 Å². The lowest BCUT2D eigenvalue weighted by Crippen LogP contribution is -2.45. The first-order valence-corrected chi connectivity index (χ1v) is 9.47. The van der Waals surface area contributed by atoms with E-state index in [2.05, 4.69) is 22.4 Å². The third-order valence-corrected chi connectivity index (χ3v) is 4.61. The molecule has 0 aliphatic carbocycles. The number of carbonyl (C=O) groups is 1. The fourth-order valence-electron chi connectivity index (χ4n) is 3.44. The van der Waals surface area contributed by atoms with Gasteiger partial charge in [-0.15, -0.1) is 0 Å². The molecule has 0 spiro atoms. The van der Waals surface area contributed by atoms with Crippen LogP contribution in [0.1, 0.15) is 48.9 Å². The second-order valence-electron chi connectivity index (χ2n) is 7.16. The van der Waals surface area contributed by atoms with E-state index in [9.17, 15) is 9.18 Å². The van der Waals surface area contributed by atoms with Gasteiger partial charge in [-0.3, -0.25) is 9.89 Å². The Morgan fingerprint density at radius 2 is 2.07 bits per heavy atom. The molecule has 0 bridgehead atoms. The molecule has 3 rings (SSSR count). The fraction of sp³-hybridized carbons (Fsp3) is 0.500. The molecule has 1 aliphatic rings. The van der Waals surface area contributed by atoms with Gasteiger partial charge < -0.3 is 15.0 Å². The fourth-order valence-corrected chi connectivity index (χ4v) is 3.44. The van der Waals surface area contributed by atoms with E-state index < -0.39 is 0 Å². The molecule has 1 aromatic heterocycles. The van der Waals surface area contributed by atoms with Gasteiger partial charge in [-0.05, 0) is 44.0 Å². The van der Waals surface area contributed by atoms with Gasteiger partial charge in [0, 0.05) is 25.3 Å². The molecule has 1 saturated heterocycles. The Balaban J connectivity index is 1.61. The lowest BCUT2D eigenvalue weighted by molar-refractivity contribution is -0.00539. The number of carbonyl (C=O) groups excluding carboxylic acids is 1. The number of H-pyrrole nitrogens is 1. The predicted octanol–water partition coefficient (Wildman–Crippen LogP) is 3.04. The average Bonchev–Trinajstić information content (AvgIpc) is 3.08. The largest absolute Gasteiger partial charge is 0.372 e. The molecule has 2 aromatic rings. The van der Waals surface area contributed by atoms with E-state index in [1.165, 1.54) is 6.07 Å². The van der Waals surface area contributed by atoms with Crippen molar-refractivity contribution in [3.8, 4) is 0 Å². The molecule has 1 fully saturated rings. The van der Waals surface area contributed by atoms with E-state index >= 15 is 0 Å². The minimum absolute atomic E-state index is 0.0681. The Kier molecular flexibility index (Phi) is 6.11. The molecule has 2 heterocycles. The van der Waals surface area contributed by atoms with Crippen molar-refractivity contribution in [2.24, 2.45) is 0 Å². The molecule has 146 valence electrons. The number of anilines is 1. The summed E-state index contributed by atoms with van der Waals surface area (Å²) in [5, 5.41) is 9.67. The van der Waals surface area contributed by atoms with Crippen LogP contribution in [0.3, 0.4) is 0 Å². The summed E-state index contributed by atoms with van der Waals surface area (Å²) < 4.78 is 20.3. The van der Waals surface area contributed by atoms with Gasteiger partial charge in [-0.25, -0.2) is 4.39 Å². The number of benzene rings is 1. The second-order valence-corrected chi connectivity index (χ2v) is 7.16. The minimum Gasteiger partial charge on any atom is -0.372 e. The Bertz CT molecular complexity index is 782. The van der Waals surface area contributed by atoms with Crippen LogP contribution in [0.2, 0.25) is 0 Å². The third-order valence-electron chi connectivity index (χ3n) is 4.61. The zero-order valence-electron chi connectivity index (χ0n) is 16.1. The molecule has 2 unspecified atom stereocenters. The molecule has 1 aliphatic heterocycles. The molecular formula is C20H27FN4O2. The predicted molar refractivity (Wildman–Crippen MR) is 102 cm³/mol. The average molecular weight is 374 g/mol. The molecule has 0 radical (unpaired) electrons. The number of aryl methyl sites for hydroxylation is 1. The molecule has 0 saturated carbocycles. The number of hydrogen-bond acceptors (Lipinski definition) is 4. The summed E-state index contributed by atoms with van der Waals surface area (Å²) in [4.78, 5) is 14.2. The summed E-state index contributed by atoms with van der Waals surface area (Å²) >= 11 is 0. The second kappa shape index (κ2) is 8.52. The summed E-state index contributed by atoms with van der Waals surface area (Å²) in [6, 6.07) is 6.85. The van der Waals surface area contributed by atoms with Crippen LogP contribution >= 0.6 is 0 Å². The zero-order chi connectivity index (χ0) is 19.4. The Hall–Kier alpha value is -2.41. The van der Waals surface area contributed by atoms with Gasteiger partial charge in [0.2, 0.25) is 0 Å². The first kappa shape index (κ1) is 19.4. The monoisotopic (exact) mass is 374 g/mol. The summed E-state index contributed by atoms with van der Waals surface area (Å²) in [6.45, 7) is 7.63. The van der Waals surface area contributed by atoms with Gasteiger partial charge >= 0.3 is 0 Å². The maximum atomic E-state index is 14.6. The van der Waals surface area contributed by atoms with Gasteiger partial charge in [-0.2, -0.15) is 5.10 Å². The number of hydrogen-bond donors (Lipinski definition) is 2. The van der Waals surface area contributed by atoms with E-state index in [0.717, 1.165) is 18.5 Å². The maximum absolute atomic E-state index is 14.6. The van der Waals surface area contributed by atoms with Crippen molar-refractivity contribution < 1.29 is 13.9 Å². The van der Waals surface area contributed by atoms with Crippen molar-refractivity contribution >= 4 is 11.6 Å². The van der Waals surface area contributed by atoms with Gasteiger partial charge in [0.1, 0.15) is 11.5 Å². The molecule has 1 amide bonds. The highest BCUT2D eigenvalue weighted by Crippen LogP contribution is 2.24. The van der Waals surface area contributed by atoms with E-state index in [1.54, 1.807) is 12.1 Å². The van der Waals surface area contributed by atoms with Gasteiger partial charge in [-0.1, -0.05) is 19.4 Å². The molecule has 6 nitrogen and oxygen atoms in total. The summed E-state index contributed by atoms with van der Waals surface area (Å²) in [7, 11) is 0. The van der Waals surface area contributed by atoms with Crippen molar-refractivity contribution in [1.29, 1.82) is 0 Å². The first-order chi connectivity index (χ1) is 13.0. The van der Waals surface area contributed by atoms with Crippen LogP contribution in [0.5, 0.6) is 0 Å². The van der Waals surface area contributed by atoms with Crippen LogP contribution in [-0.4, -0.2) is 41.4 Å². The van der Waals surface area contributed by atoms with Crippen LogP contribution < -0.4 is 10.2 Å². The first-order valence-electron chi connectivity index (χ1n) is 9.47. The van der Waals surface area contributed by atoms with Crippen LogP contribution in [0.25, 0.3) is 0 Å². The Morgan fingerprint density at radius 3 is 2.74 bits per heavy atom. The smallest absolute Gasteiger partial charge is 0.272 e. The normalized spacial score (nSPS) is 19.9. The number of aromatic amines is 1. The molecule has 7 heteroatoms. The lowest BCUT2D eigenvalue weighted by atomic mass is 10.1. The van der Waals surface area contributed by atoms with Crippen molar-refractivity contribution in [2.45, 2.75) is 52.4 Å². The highest BCUT2D eigenvalue weighted by atomic mass is 19.1. The maximum Gasteiger partial charge on any atom is 0.272 e. The number of morpholine rings is 1.